The SMILES string of the molecule is CN(C)C(=O)N1CCC2(CC1)OCC[C@@H]2CCOc1cccnc1. The number of aromatic nitrogens is 1. The van der Waals surface area contributed by atoms with Gasteiger partial charge in [0, 0.05) is 40.0 Å². The molecule has 6 heteroatoms. The van der Waals surface area contributed by atoms with E-state index in [0.717, 1.165) is 51.1 Å². The average Bonchev–Trinajstić information content (AvgIpc) is 2.98. The summed E-state index contributed by atoms with van der Waals surface area (Å²) in [4.78, 5) is 19.7. The molecule has 3 heterocycles. The van der Waals surface area contributed by atoms with Gasteiger partial charge in [0.25, 0.3) is 0 Å². The summed E-state index contributed by atoms with van der Waals surface area (Å²) in [5.41, 5.74) is -0.0681. The number of urea groups is 1. The number of rotatable bonds is 4. The molecule has 1 spiro atoms. The zero-order chi connectivity index (χ0) is 17.0. The Labute approximate surface area is 143 Å². The van der Waals surface area contributed by atoms with Gasteiger partial charge in [0.2, 0.25) is 0 Å². The Bertz CT molecular complexity index is 542. The van der Waals surface area contributed by atoms with Crippen LogP contribution in [0.1, 0.15) is 25.7 Å². The Morgan fingerprint density at radius 3 is 2.92 bits per heavy atom. The lowest BCUT2D eigenvalue weighted by molar-refractivity contribution is -0.0643. The first-order chi connectivity index (χ1) is 11.6. The molecule has 0 radical (unpaired) electrons. The zero-order valence-electron chi connectivity index (χ0n) is 14.6. The van der Waals surface area contributed by atoms with Gasteiger partial charge >= 0.3 is 6.03 Å². The lowest BCUT2D eigenvalue weighted by Crippen LogP contribution is -2.51. The van der Waals surface area contributed by atoms with Crippen molar-refractivity contribution in [1.29, 1.82) is 0 Å². The second-order valence-electron chi connectivity index (χ2n) is 6.89. The van der Waals surface area contributed by atoms with Crippen molar-refractivity contribution in [1.82, 2.24) is 14.8 Å². The molecule has 6 nitrogen and oxygen atoms in total. The van der Waals surface area contributed by atoms with Crippen LogP contribution in [0.4, 0.5) is 4.79 Å². The molecule has 0 aliphatic carbocycles. The summed E-state index contributed by atoms with van der Waals surface area (Å²) in [6.07, 6.45) is 7.39. The highest BCUT2D eigenvalue weighted by Gasteiger charge is 2.46. The fraction of sp³-hybridized carbons (Fsp3) is 0.667. The standard InChI is InChI=1S/C18H27N3O3/c1-20(2)17(22)21-10-7-18(8-11-21)15(6-13-24-18)5-12-23-16-4-3-9-19-14-16/h3-4,9,14-15H,5-8,10-13H2,1-2H3/t15-/m0/s1. The summed E-state index contributed by atoms with van der Waals surface area (Å²) < 4.78 is 12.0. The van der Waals surface area contributed by atoms with E-state index in [0.29, 0.717) is 12.5 Å². The lowest BCUT2D eigenvalue weighted by Gasteiger charge is -2.42. The molecule has 1 aromatic heterocycles. The first-order valence-electron chi connectivity index (χ1n) is 8.74. The van der Waals surface area contributed by atoms with Crippen molar-refractivity contribution in [3.8, 4) is 5.75 Å². The number of hydrogen-bond acceptors (Lipinski definition) is 4. The number of pyridine rings is 1. The maximum Gasteiger partial charge on any atom is 0.319 e. The highest BCUT2D eigenvalue weighted by Crippen LogP contribution is 2.42. The van der Waals surface area contributed by atoms with Gasteiger partial charge in [-0.05, 0) is 43.7 Å². The number of hydrogen-bond donors (Lipinski definition) is 0. The van der Waals surface area contributed by atoms with Gasteiger partial charge in [-0.15, -0.1) is 0 Å². The Balaban J connectivity index is 1.51. The van der Waals surface area contributed by atoms with E-state index >= 15 is 0 Å². The Morgan fingerprint density at radius 2 is 2.25 bits per heavy atom. The van der Waals surface area contributed by atoms with Gasteiger partial charge in [-0.25, -0.2) is 4.79 Å². The molecular formula is C18H27N3O3. The molecule has 0 saturated carbocycles. The molecule has 2 aliphatic heterocycles. The summed E-state index contributed by atoms with van der Waals surface area (Å²) in [6.45, 7) is 3.05. The van der Waals surface area contributed by atoms with Crippen molar-refractivity contribution in [2.45, 2.75) is 31.3 Å². The van der Waals surface area contributed by atoms with Crippen molar-refractivity contribution >= 4 is 6.03 Å². The first kappa shape index (κ1) is 17.0. The van der Waals surface area contributed by atoms with Crippen molar-refractivity contribution < 1.29 is 14.3 Å². The molecule has 2 fully saturated rings. The number of carbonyl (C=O) groups is 1. The fourth-order valence-corrected chi connectivity index (χ4v) is 3.86. The van der Waals surface area contributed by atoms with E-state index in [1.165, 1.54) is 0 Å². The van der Waals surface area contributed by atoms with Crippen molar-refractivity contribution in [2.24, 2.45) is 5.92 Å². The van der Waals surface area contributed by atoms with Crippen molar-refractivity contribution in [3.63, 3.8) is 0 Å². The maximum atomic E-state index is 12.1. The van der Waals surface area contributed by atoms with Crippen LogP contribution in [0.2, 0.25) is 0 Å². The molecule has 0 unspecified atom stereocenters. The molecule has 2 aliphatic rings. The molecule has 2 amide bonds. The molecule has 24 heavy (non-hydrogen) atoms. The van der Waals surface area contributed by atoms with Gasteiger partial charge < -0.3 is 19.3 Å². The Morgan fingerprint density at radius 1 is 1.46 bits per heavy atom. The second-order valence-corrected chi connectivity index (χ2v) is 6.89. The predicted molar refractivity (Wildman–Crippen MR) is 91.0 cm³/mol. The van der Waals surface area contributed by atoms with E-state index in [1.54, 1.807) is 31.4 Å². The highest BCUT2D eigenvalue weighted by atomic mass is 16.5. The van der Waals surface area contributed by atoms with Crippen LogP contribution in [-0.2, 0) is 4.74 Å². The van der Waals surface area contributed by atoms with E-state index < -0.39 is 0 Å². The number of ether oxygens (including phenoxy) is 2. The molecule has 132 valence electrons. The first-order valence-corrected chi connectivity index (χ1v) is 8.74. The predicted octanol–water partition coefficient (Wildman–Crippen LogP) is 2.40. The quantitative estimate of drug-likeness (QED) is 0.849. The number of carbonyl (C=O) groups excluding carboxylic acids is 1. The van der Waals surface area contributed by atoms with Gasteiger partial charge in [0.15, 0.2) is 0 Å². The van der Waals surface area contributed by atoms with Gasteiger partial charge in [0.1, 0.15) is 5.75 Å². The summed E-state index contributed by atoms with van der Waals surface area (Å²) in [7, 11) is 3.61. The summed E-state index contributed by atoms with van der Waals surface area (Å²) in [5, 5.41) is 0. The number of amides is 2. The van der Waals surface area contributed by atoms with E-state index in [1.807, 2.05) is 17.0 Å². The second kappa shape index (κ2) is 7.38. The van der Waals surface area contributed by atoms with Crippen LogP contribution >= 0.6 is 0 Å². The molecule has 3 rings (SSSR count). The van der Waals surface area contributed by atoms with E-state index in [4.69, 9.17) is 9.47 Å². The zero-order valence-corrected chi connectivity index (χ0v) is 14.6. The van der Waals surface area contributed by atoms with Crippen LogP contribution in [0.25, 0.3) is 0 Å². The average molecular weight is 333 g/mol. The summed E-state index contributed by atoms with van der Waals surface area (Å²) in [6, 6.07) is 3.91. The van der Waals surface area contributed by atoms with E-state index in [2.05, 4.69) is 4.98 Å². The number of piperidine rings is 1. The number of nitrogens with zero attached hydrogens (tertiary/aromatic N) is 3. The Kier molecular flexibility index (Phi) is 5.23. The van der Waals surface area contributed by atoms with Crippen LogP contribution in [0.5, 0.6) is 5.75 Å². The summed E-state index contributed by atoms with van der Waals surface area (Å²) in [5.74, 6) is 1.32. The minimum absolute atomic E-state index is 0.0681. The van der Waals surface area contributed by atoms with Crippen molar-refractivity contribution in [3.05, 3.63) is 24.5 Å². The lowest BCUT2D eigenvalue weighted by atomic mass is 9.78. The Hall–Kier alpha value is -1.82. The van der Waals surface area contributed by atoms with Crippen LogP contribution in [0, 0.1) is 5.92 Å². The maximum absolute atomic E-state index is 12.1. The molecule has 0 aromatic carbocycles. The molecule has 2 saturated heterocycles. The van der Waals surface area contributed by atoms with Crippen molar-refractivity contribution in [2.75, 3.05) is 40.4 Å². The molecule has 0 bridgehead atoms. The third kappa shape index (κ3) is 3.64. The van der Waals surface area contributed by atoms with Gasteiger partial charge in [-0.3, -0.25) is 4.98 Å². The number of likely N-dealkylation sites (tertiary alicyclic amines) is 1. The largest absolute Gasteiger partial charge is 0.492 e. The fourth-order valence-electron chi connectivity index (χ4n) is 3.86. The normalized spacial score (nSPS) is 22.6. The molecular weight excluding hydrogens is 306 g/mol. The highest BCUT2D eigenvalue weighted by molar-refractivity contribution is 5.73. The third-order valence-corrected chi connectivity index (χ3v) is 5.23. The monoisotopic (exact) mass is 333 g/mol. The molecule has 0 N–H and O–H groups in total. The minimum atomic E-state index is -0.0681. The van der Waals surface area contributed by atoms with Crippen LogP contribution < -0.4 is 4.74 Å². The van der Waals surface area contributed by atoms with Crippen LogP contribution in [0.3, 0.4) is 0 Å². The molecule has 1 aromatic rings. The van der Waals surface area contributed by atoms with Crippen LogP contribution in [-0.4, -0.2) is 66.8 Å². The third-order valence-electron chi connectivity index (χ3n) is 5.23. The smallest absolute Gasteiger partial charge is 0.319 e. The molecule has 1 atom stereocenters. The summed E-state index contributed by atoms with van der Waals surface area (Å²) >= 11 is 0. The van der Waals surface area contributed by atoms with Crippen LogP contribution in [0.15, 0.2) is 24.5 Å². The van der Waals surface area contributed by atoms with E-state index in [-0.39, 0.29) is 11.6 Å². The minimum Gasteiger partial charge on any atom is -0.492 e. The topological polar surface area (TPSA) is 54.9 Å². The van der Waals surface area contributed by atoms with Gasteiger partial charge in [-0.1, -0.05) is 0 Å². The van der Waals surface area contributed by atoms with Gasteiger partial charge in [0.05, 0.1) is 18.4 Å². The van der Waals surface area contributed by atoms with Gasteiger partial charge in [-0.2, -0.15) is 0 Å². The van der Waals surface area contributed by atoms with E-state index in [9.17, 15) is 4.79 Å².